The van der Waals surface area contributed by atoms with Crippen molar-refractivity contribution in [3.05, 3.63) is 148 Å². The van der Waals surface area contributed by atoms with Gasteiger partial charge in [0.05, 0.1) is 33.4 Å². The molecule has 0 atom stereocenters. The average Bonchev–Trinajstić information content (AvgIpc) is 3.60. The summed E-state index contributed by atoms with van der Waals surface area (Å²) in [4.78, 5) is 0. The van der Waals surface area contributed by atoms with E-state index in [1.54, 1.807) is 6.07 Å². The molecular weight excluding hydrogens is 655 g/mol. The van der Waals surface area contributed by atoms with Crippen LogP contribution in [0.1, 0.15) is 49.9 Å². The Bertz CT molecular complexity index is 2630. The number of benzene rings is 6. The van der Waals surface area contributed by atoms with Crippen LogP contribution in [-0.4, -0.2) is 26.3 Å². The Balaban J connectivity index is 0.000000131. The molecule has 4 nitrogen and oxygen atoms in total. The fraction of sp³-hybridized carbons (Fsp3) is 0.143. The molecule has 2 N–H and O–H groups in total. The van der Waals surface area contributed by atoms with Crippen LogP contribution in [0.25, 0.3) is 55.0 Å². The number of para-hydroxylation sites is 4. The summed E-state index contributed by atoms with van der Waals surface area (Å²) in [7, 11) is -1.46. The fourth-order valence-electron chi connectivity index (χ4n) is 8.48. The number of nitrogens with zero attached hydrogens (tertiary/aromatic N) is 2. The van der Waals surface area contributed by atoms with E-state index in [0.717, 1.165) is 20.8 Å². The molecule has 2 aromatic heterocycles. The van der Waals surface area contributed by atoms with Gasteiger partial charge in [0.25, 0.3) is 0 Å². The minimum Gasteiger partial charge on any atom is -0.423 e. The van der Waals surface area contributed by atoms with Gasteiger partial charge >= 0.3 is 7.12 Å². The highest BCUT2D eigenvalue weighted by Crippen LogP contribution is 2.48. The Morgan fingerprint density at radius 1 is 0.500 bits per heavy atom. The largest absolute Gasteiger partial charge is 0.488 e. The highest BCUT2D eigenvalue weighted by Gasteiger charge is 2.36. The summed E-state index contributed by atoms with van der Waals surface area (Å²) in [5, 5.41) is 24.0. The second-order valence-electron chi connectivity index (χ2n) is 14.2. The molecule has 2 aliphatic rings. The maximum absolute atomic E-state index is 9.58. The summed E-state index contributed by atoms with van der Waals surface area (Å²) in [6.07, 6.45) is 0. The van der Waals surface area contributed by atoms with Crippen molar-refractivity contribution in [2.45, 2.75) is 38.5 Å². The van der Waals surface area contributed by atoms with Gasteiger partial charge in [-0.25, -0.2) is 0 Å². The van der Waals surface area contributed by atoms with Gasteiger partial charge in [-0.1, -0.05) is 129 Å². The lowest BCUT2D eigenvalue weighted by Crippen LogP contribution is -2.29. The Morgan fingerprint density at radius 2 is 0.958 bits per heavy atom. The van der Waals surface area contributed by atoms with E-state index in [4.69, 9.17) is 0 Å². The average molecular weight is 689 g/mol. The van der Waals surface area contributed by atoms with Crippen molar-refractivity contribution >= 4 is 72.1 Å². The quantitative estimate of drug-likeness (QED) is 0.169. The van der Waals surface area contributed by atoms with Gasteiger partial charge in [0.1, 0.15) is 0 Å². The molecule has 4 heterocycles. The molecule has 0 spiro atoms. The third-order valence-corrected chi connectivity index (χ3v) is 11.3. The second-order valence-corrected chi connectivity index (χ2v) is 15.1. The molecule has 6 heteroatoms. The third-order valence-electron chi connectivity index (χ3n) is 10.8. The van der Waals surface area contributed by atoms with Crippen molar-refractivity contribution < 1.29 is 10.0 Å². The van der Waals surface area contributed by atoms with Crippen LogP contribution in [-0.2, 0) is 10.8 Å². The van der Waals surface area contributed by atoms with Gasteiger partial charge in [0.15, 0.2) is 0 Å². The molecule has 0 amide bonds. The Kier molecular flexibility index (Phi) is 6.27. The maximum atomic E-state index is 9.58. The van der Waals surface area contributed by atoms with Crippen molar-refractivity contribution in [2.24, 2.45) is 0 Å². The predicted octanol–water partition coefficient (Wildman–Crippen LogP) is 9.29. The van der Waals surface area contributed by atoms with Gasteiger partial charge in [-0.2, -0.15) is 0 Å². The topological polar surface area (TPSA) is 50.3 Å². The molecule has 6 aromatic carbocycles. The van der Waals surface area contributed by atoms with Crippen LogP contribution in [0.4, 0.5) is 0 Å². The lowest BCUT2D eigenvalue weighted by Gasteiger charge is -2.34. The molecule has 0 fully saturated rings. The lowest BCUT2D eigenvalue weighted by molar-refractivity contribution is 0.426. The van der Waals surface area contributed by atoms with E-state index in [1.165, 1.54) is 61.0 Å². The van der Waals surface area contributed by atoms with Crippen molar-refractivity contribution in [1.29, 1.82) is 0 Å². The highest BCUT2D eigenvalue weighted by atomic mass is 79.9. The highest BCUT2D eigenvalue weighted by molar-refractivity contribution is 9.10. The Labute approximate surface area is 288 Å². The summed E-state index contributed by atoms with van der Waals surface area (Å²) in [5.41, 5.74) is 13.3. The molecule has 48 heavy (non-hydrogen) atoms. The summed E-state index contributed by atoms with van der Waals surface area (Å²) in [5.74, 6) is 0. The molecule has 10 rings (SSSR count). The van der Waals surface area contributed by atoms with E-state index in [2.05, 4.69) is 156 Å². The number of hydrogen-bond acceptors (Lipinski definition) is 2. The van der Waals surface area contributed by atoms with Crippen LogP contribution in [0.3, 0.4) is 0 Å². The standard InChI is InChI=1S/C21H18BNO2.C21H16BrN/c1-21(2)16-7-3-4-9-19(16)23-18-11-10-13(22(24)25)12-15(18)14-6-5-8-17(21)20(14)23;1-21(2)16-7-3-4-9-19(16)23-18-11-10-13(22)12-15(18)14-6-5-8-17(21)20(14)23/h3-12,24-25H,1-2H3;3-12H,1-2H3. The van der Waals surface area contributed by atoms with Crippen LogP contribution < -0.4 is 5.46 Å². The minimum atomic E-state index is -1.46. The van der Waals surface area contributed by atoms with Gasteiger partial charge in [-0.05, 0) is 64.1 Å². The second kappa shape index (κ2) is 10.2. The monoisotopic (exact) mass is 688 g/mol. The number of rotatable bonds is 1. The Hall–Kier alpha value is -4.62. The van der Waals surface area contributed by atoms with Gasteiger partial charge in [0, 0.05) is 36.8 Å². The first-order valence-corrected chi connectivity index (χ1v) is 17.2. The molecule has 0 unspecified atom stereocenters. The van der Waals surface area contributed by atoms with E-state index in [-0.39, 0.29) is 10.8 Å². The van der Waals surface area contributed by atoms with E-state index in [1.807, 2.05) is 12.1 Å². The van der Waals surface area contributed by atoms with Gasteiger partial charge in [-0.15, -0.1) is 0 Å². The summed E-state index contributed by atoms with van der Waals surface area (Å²) >= 11 is 3.63. The molecule has 0 saturated carbocycles. The molecular formula is C42H34BBrN2O2. The smallest absolute Gasteiger partial charge is 0.423 e. The van der Waals surface area contributed by atoms with Crippen molar-refractivity contribution in [3.63, 3.8) is 0 Å². The van der Waals surface area contributed by atoms with Gasteiger partial charge in [-0.3, -0.25) is 0 Å². The number of fused-ring (bicyclic) bond motifs is 10. The first kappa shape index (κ1) is 29.5. The Morgan fingerprint density at radius 3 is 1.48 bits per heavy atom. The normalized spacial score (nSPS) is 14.9. The fourth-order valence-corrected chi connectivity index (χ4v) is 8.84. The van der Waals surface area contributed by atoms with Crippen LogP contribution in [0, 0.1) is 0 Å². The van der Waals surface area contributed by atoms with Crippen molar-refractivity contribution in [1.82, 2.24) is 9.13 Å². The number of halogens is 1. The predicted molar refractivity (Wildman–Crippen MR) is 203 cm³/mol. The molecule has 0 radical (unpaired) electrons. The van der Waals surface area contributed by atoms with Crippen LogP contribution in [0.15, 0.2) is 126 Å². The zero-order valence-electron chi connectivity index (χ0n) is 27.3. The summed E-state index contributed by atoms with van der Waals surface area (Å²) in [6, 6.07) is 42.7. The van der Waals surface area contributed by atoms with E-state index >= 15 is 0 Å². The molecule has 2 aliphatic heterocycles. The third kappa shape index (κ3) is 3.91. The molecule has 0 aliphatic carbocycles. The molecule has 234 valence electrons. The summed E-state index contributed by atoms with van der Waals surface area (Å²) < 4.78 is 5.88. The first-order chi connectivity index (χ1) is 23.1. The molecule has 8 aromatic rings. The zero-order chi connectivity index (χ0) is 33.1. The summed E-state index contributed by atoms with van der Waals surface area (Å²) in [6.45, 7) is 9.20. The lowest BCUT2D eigenvalue weighted by atomic mass is 9.75. The van der Waals surface area contributed by atoms with Gasteiger partial charge < -0.3 is 19.2 Å². The zero-order valence-corrected chi connectivity index (χ0v) is 28.9. The van der Waals surface area contributed by atoms with Crippen LogP contribution in [0.2, 0.25) is 0 Å². The van der Waals surface area contributed by atoms with Crippen molar-refractivity contribution in [3.8, 4) is 11.4 Å². The number of hydrogen-bond donors (Lipinski definition) is 2. The van der Waals surface area contributed by atoms with Gasteiger partial charge in [0.2, 0.25) is 0 Å². The first-order valence-electron chi connectivity index (χ1n) is 16.5. The van der Waals surface area contributed by atoms with Crippen LogP contribution >= 0.6 is 15.9 Å². The van der Waals surface area contributed by atoms with E-state index < -0.39 is 7.12 Å². The molecule has 0 bridgehead atoms. The van der Waals surface area contributed by atoms with Crippen molar-refractivity contribution in [2.75, 3.05) is 0 Å². The van der Waals surface area contributed by atoms with E-state index in [9.17, 15) is 10.0 Å². The number of aromatic nitrogens is 2. The minimum absolute atomic E-state index is 0.0116. The van der Waals surface area contributed by atoms with E-state index in [0.29, 0.717) is 5.46 Å². The van der Waals surface area contributed by atoms with Crippen LogP contribution in [0.5, 0.6) is 0 Å². The maximum Gasteiger partial charge on any atom is 0.488 e. The SMILES string of the molecule is CC1(C)c2ccccc2-n2c3ccc(B(O)O)cc3c3cccc1c32.CC1(C)c2ccccc2-n2c3ccc(Br)cc3c3cccc1c32. The molecule has 0 saturated heterocycles.